The van der Waals surface area contributed by atoms with Crippen molar-refractivity contribution in [2.75, 3.05) is 23.0 Å². The van der Waals surface area contributed by atoms with E-state index in [1.54, 1.807) is 9.58 Å². The zero-order valence-electron chi connectivity index (χ0n) is 24.0. The van der Waals surface area contributed by atoms with Crippen LogP contribution in [0.4, 0.5) is 11.4 Å². The maximum Gasteiger partial charge on any atom is 0.264 e. The van der Waals surface area contributed by atoms with E-state index in [4.69, 9.17) is 5.11 Å². The summed E-state index contributed by atoms with van der Waals surface area (Å²) in [6, 6.07) is 13.4. The molecule has 1 saturated heterocycles. The monoisotopic (exact) mass is 635 g/mol. The number of nitrogens with zero attached hydrogens (tertiary/aromatic N) is 5. The van der Waals surface area contributed by atoms with Crippen LogP contribution in [0.15, 0.2) is 65.3 Å². The van der Waals surface area contributed by atoms with Gasteiger partial charge in [0, 0.05) is 60.4 Å². The lowest BCUT2D eigenvalue weighted by Gasteiger charge is -2.28. The van der Waals surface area contributed by atoms with Crippen molar-refractivity contribution in [1.82, 2.24) is 15.0 Å². The molecule has 0 bridgehead atoms. The predicted molar refractivity (Wildman–Crippen MR) is 165 cm³/mol. The van der Waals surface area contributed by atoms with Crippen LogP contribution >= 0.6 is 15.9 Å². The Bertz CT molecular complexity index is 1440. The first-order valence-corrected chi connectivity index (χ1v) is 15.5. The first-order chi connectivity index (χ1) is 20.3. The smallest absolute Gasteiger partial charge is 0.264 e. The number of hydrogen-bond acceptors (Lipinski definition) is 6. The van der Waals surface area contributed by atoms with Gasteiger partial charge >= 0.3 is 0 Å². The van der Waals surface area contributed by atoms with E-state index in [-0.39, 0.29) is 18.4 Å². The van der Waals surface area contributed by atoms with Crippen molar-refractivity contribution in [2.24, 2.45) is 5.92 Å². The highest BCUT2D eigenvalue weighted by Crippen LogP contribution is 2.46. The summed E-state index contributed by atoms with van der Waals surface area (Å²) >= 11 is 3.51. The number of aliphatic hydroxyl groups excluding tert-OH is 1. The van der Waals surface area contributed by atoms with Gasteiger partial charge in [-0.05, 0) is 55.2 Å². The summed E-state index contributed by atoms with van der Waals surface area (Å²) in [6.07, 6.45) is 11.5. The Morgan fingerprint density at radius 2 is 1.88 bits per heavy atom. The van der Waals surface area contributed by atoms with E-state index in [1.807, 2.05) is 72.6 Å². The van der Waals surface area contributed by atoms with Crippen LogP contribution in [0.3, 0.4) is 0 Å². The Balaban J connectivity index is 1.30. The lowest BCUT2D eigenvalue weighted by Crippen LogP contribution is -2.44. The molecule has 2 aliphatic heterocycles. The molecule has 2 N–H and O–H groups in total. The van der Waals surface area contributed by atoms with Gasteiger partial charge in [0.1, 0.15) is 0 Å². The number of carbonyl (C=O) groups excluding carboxylic acids is 2. The molecule has 0 radical (unpaired) electrons. The van der Waals surface area contributed by atoms with Crippen molar-refractivity contribution in [2.45, 2.75) is 70.6 Å². The number of anilines is 2. The minimum atomic E-state index is -1.71. The summed E-state index contributed by atoms with van der Waals surface area (Å²) in [5, 5.41) is 29.1. The zero-order chi connectivity index (χ0) is 29.7. The summed E-state index contributed by atoms with van der Waals surface area (Å²) in [4.78, 5) is 30.1. The molecule has 9 nitrogen and oxygen atoms in total. The molecule has 0 unspecified atom stereocenters. The van der Waals surface area contributed by atoms with E-state index in [0.717, 1.165) is 53.6 Å². The van der Waals surface area contributed by atoms with Crippen LogP contribution in [-0.2, 0) is 34.7 Å². The average Bonchev–Trinajstić information content (AvgIpc) is 3.51. The van der Waals surface area contributed by atoms with Gasteiger partial charge in [-0.1, -0.05) is 65.2 Å². The number of halogens is 1. The summed E-state index contributed by atoms with van der Waals surface area (Å²) in [6.45, 7) is 3.52. The molecule has 0 saturated carbocycles. The molecular formula is C32H38BrN5O4. The summed E-state index contributed by atoms with van der Waals surface area (Å²) in [5.41, 5.74) is 2.09. The molecule has 0 spiro atoms. The molecule has 2 amide bonds. The summed E-state index contributed by atoms with van der Waals surface area (Å²) in [5.74, 6) is -0.679. The van der Waals surface area contributed by atoms with Gasteiger partial charge in [-0.2, -0.15) is 0 Å². The quantitative estimate of drug-likeness (QED) is 0.307. The number of rotatable bonds is 10. The number of allylic oxidation sites excluding steroid dienone is 1. The Morgan fingerprint density at radius 3 is 2.67 bits per heavy atom. The topological polar surface area (TPSA) is 112 Å². The number of amides is 2. The number of hydrogen-bond donors (Lipinski definition) is 2. The van der Waals surface area contributed by atoms with Crippen LogP contribution in [-0.4, -0.2) is 50.2 Å². The van der Waals surface area contributed by atoms with Gasteiger partial charge in [0.2, 0.25) is 5.91 Å². The highest BCUT2D eigenvalue weighted by Gasteiger charge is 2.52. The molecule has 2 aromatic carbocycles. The molecule has 2 aliphatic rings. The van der Waals surface area contributed by atoms with E-state index >= 15 is 0 Å². The van der Waals surface area contributed by atoms with E-state index < -0.39 is 11.5 Å². The van der Waals surface area contributed by atoms with Crippen molar-refractivity contribution in [3.63, 3.8) is 0 Å². The third-order valence-electron chi connectivity index (χ3n) is 8.21. The molecule has 1 aromatic heterocycles. The van der Waals surface area contributed by atoms with Gasteiger partial charge in [0.05, 0.1) is 17.9 Å². The fourth-order valence-corrected chi connectivity index (χ4v) is 6.16. The minimum absolute atomic E-state index is 0.0300. The average molecular weight is 637 g/mol. The van der Waals surface area contributed by atoms with Gasteiger partial charge in [0.15, 0.2) is 5.60 Å². The van der Waals surface area contributed by atoms with Crippen LogP contribution in [0.25, 0.3) is 0 Å². The number of fused-ring (bicyclic) bond motifs is 1. The fourth-order valence-electron chi connectivity index (χ4n) is 5.80. The zero-order valence-corrected chi connectivity index (χ0v) is 25.5. The second-order valence-electron chi connectivity index (χ2n) is 11.1. The molecule has 0 aliphatic carbocycles. The highest BCUT2D eigenvalue weighted by molar-refractivity contribution is 9.10. The van der Waals surface area contributed by atoms with Gasteiger partial charge in [-0.15, -0.1) is 5.10 Å². The molecule has 1 fully saturated rings. The molecule has 3 heterocycles. The predicted octanol–water partition coefficient (Wildman–Crippen LogP) is 4.89. The van der Waals surface area contributed by atoms with Crippen molar-refractivity contribution in [3.05, 3.63) is 82.1 Å². The first-order valence-electron chi connectivity index (χ1n) is 14.7. The van der Waals surface area contributed by atoms with Crippen molar-refractivity contribution in [3.8, 4) is 0 Å². The van der Waals surface area contributed by atoms with Crippen LogP contribution in [0.1, 0.15) is 62.3 Å². The third-order valence-corrected chi connectivity index (χ3v) is 8.70. The van der Waals surface area contributed by atoms with E-state index in [2.05, 4.69) is 26.2 Å². The lowest BCUT2D eigenvalue weighted by atomic mass is 9.83. The number of benzene rings is 2. The third kappa shape index (κ3) is 6.35. The van der Waals surface area contributed by atoms with Gasteiger partial charge in [-0.25, -0.2) is 0 Å². The molecular weight excluding hydrogens is 598 g/mol. The maximum atomic E-state index is 13.9. The van der Waals surface area contributed by atoms with Crippen LogP contribution in [0.5, 0.6) is 0 Å². The standard InChI is InChI=1S/C32H38BrN5O4/c1-23(8-5-7-17-36-22-26(16-19-39)34-35-36)32(42)28-20-25(33)12-15-29(28)38(31(32)41)21-24-10-13-27(14-11-24)37-18-6-3-2-4-9-30(37)40/h5,8,10-15,20,22-23,39,42H,2-4,6-7,9,16-19,21H2,1H3/b8-5+/t23-,32+/m1/s1. The highest BCUT2D eigenvalue weighted by atomic mass is 79.9. The largest absolute Gasteiger partial charge is 0.396 e. The number of carbonyl (C=O) groups is 2. The minimum Gasteiger partial charge on any atom is -0.396 e. The Labute approximate surface area is 255 Å². The van der Waals surface area contributed by atoms with E-state index in [9.17, 15) is 14.7 Å². The van der Waals surface area contributed by atoms with Crippen LogP contribution in [0, 0.1) is 5.92 Å². The van der Waals surface area contributed by atoms with Crippen LogP contribution < -0.4 is 9.80 Å². The molecule has 42 heavy (non-hydrogen) atoms. The number of aryl methyl sites for hydroxylation is 1. The van der Waals surface area contributed by atoms with Gasteiger partial charge in [-0.3, -0.25) is 14.3 Å². The van der Waals surface area contributed by atoms with Crippen molar-refractivity contribution in [1.29, 1.82) is 0 Å². The number of aliphatic hydroxyl groups is 2. The Morgan fingerprint density at radius 1 is 1.10 bits per heavy atom. The molecule has 2 atom stereocenters. The van der Waals surface area contributed by atoms with E-state index in [0.29, 0.717) is 43.6 Å². The second kappa shape index (κ2) is 13.3. The molecule has 3 aromatic rings. The maximum absolute atomic E-state index is 13.9. The SMILES string of the molecule is C[C@H](/C=C/CCn1cc(CCO)nn1)[C@@]1(O)C(=O)N(Cc2ccc(N3CCCCCCC3=O)cc2)c2ccc(Br)cc21. The van der Waals surface area contributed by atoms with Gasteiger partial charge in [0.25, 0.3) is 5.91 Å². The fraction of sp³-hybridized carbons (Fsp3) is 0.438. The summed E-state index contributed by atoms with van der Waals surface area (Å²) in [7, 11) is 0. The van der Waals surface area contributed by atoms with Crippen molar-refractivity contribution >= 4 is 39.1 Å². The number of aromatic nitrogens is 3. The second-order valence-corrected chi connectivity index (χ2v) is 12.1. The Kier molecular flexibility index (Phi) is 9.55. The van der Waals surface area contributed by atoms with Crippen molar-refractivity contribution < 1.29 is 19.8 Å². The molecule has 5 rings (SSSR count). The van der Waals surface area contributed by atoms with E-state index in [1.165, 1.54) is 0 Å². The Hall–Kier alpha value is -3.34. The first kappa shape index (κ1) is 30.1. The lowest BCUT2D eigenvalue weighted by molar-refractivity contribution is -0.139. The molecule has 222 valence electrons. The normalized spacial score (nSPS) is 20.2. The summed E-state index contributed by atoms with van der Waals surface area (Å²) < 4.78 is 2.51. The van der Waals surface area contributed by atoms with Crippen LogP contribution in [0.2, 0.25) is 0 Å². The molecule has 10 heteroatoms. The van der Waals surface area contributed by atoms with Gasteiger partial charge < -0.3 is 20.0 Å².